The Morgan fingerprint density at radius 2 is 1.67 bits per heavy atom. The van der Waals surface area contributed by atoms with Gasteiger partial charge >= 0.3 is 0 Å². The molecule has 0 atom stereocenters. The third-order valence-electron chi connectivity index (χ3n) is 2.27. The molecule has 18 heavy (non-hydrogen) atoms. The van der Waals surface area contributed by atoms with Gasteiger partial charge in [0.15, 0.2) is 5.82 Å². The Bertz CT molecular complexity index is 585. The number of pyridine rings is 1. The minimum absolute atomic E-state index is 0.0166. The molecule has 2 rings (SSSR count). The molecule has 1 aromatic heterocycles. The van der Waals surface area contributed by atoms with Crippen molar-refractivity contribution < 1.29 is 23.0 Å². The topological polar surface area (TPSA) is 42.4 Å². The first-order valence-electron chi connectivity index (χ1n) is 4.97. The van der Waals surface area contributed by atoms with E-state index < -0.39 is 29.0 Å². The van der Waals surface area contributed by atoms with E-state index in [9.17, 15) is 13.2 Å². The molecule has 0 unspecified atom stereocenters. The SMILES string of the molecule is Cc1c(F)nc(Oc2ccc(O)cc2)c(F)c1F. The summed E-state index contributed by atoms with van der Waals surface area (Å²) in [6, 6.07) is 5.19. The van der Waals surface area contributed by atoms with Crippen LogP contribution in [-0.4, -0.2) is 10.1 Å². The summed E-state index contributed by atoms with van der Waals surface area (Å²) in [5.41, 5.74) is -0.509. The second kappa shape index (κ2) is 4.56. The van der Waals surface area contributed by atoms with E-state index in [1.165, 1.54) is 24.3 Å². The molecule has 3 nitrogen and oxygen atoms in total. The van der Waals surface area contributed by atoms with E-state index in [1.807, 2.05) is 0 Å². The molecule has 0 fully saturated rings. The van der Waals surface area contributed by atoms with Crippen LogP contribution in [0, 0.1) is 24.5 Å². The molecule has 0 saturated carbocycles. The van der Waals surface area contributed by atoms with Crippen molar-refractivity contribution in [2.45, 2.75) is 6.92 Å². The van der Waals surface area contributed by atoms with Gasteiger partial charge in [0, 0.05) is 5.56 Å². The lowest BCUT2D eigenvalue weighted by atomic mass is 10.3. The smallest absolute Gasteiger partial charge is 0.261 e. The van der Waals surface area contributed by atoms with Gasteiger partial charge in [0.25, 0.3) is 5.88 Å². The Labute approximate surface area is 100 Å². The number of hydrogen-bond donors (Lipinski definition) is 1. The molecule has 0 aliphatic rings. The minimum Gasteiger partial charge on any atom is -0.508 e. The first kappa shape index (κ1) is 12.2. The van der Waals surface area contributed by atoms with Crippen LogP contribution in [-0.2, 0) is 0 Å². The Kier molecular flexibility index (Phi) is 3.10. The number of halogens is 3. The molecular formula is C12H8F3NO2. The molecule has 0 saturated heterocycles. The van der Waals surface area contributed by atoms with Gasteiger partial charge in [-0.05, 0) is 31.2 Å². The highest BCUT2D eigenvalue weighted by molar-refractivity contribution is 5.33. The van der Waals surface area contributed by atoms with Crippen LogP contribution in [0.1, 0.15) is 5.56 Å². The van der Waals surface area contributed by atoms with E-state index in [2.05, 4.69) is 4.98 Å². The van der Waals surface area contributed by atoms with Crippen molar-refractivity contribution >= 4 is 0 Å². The van der Waals surface area contributed by atoms with Gasteiger partial charge in [-0.25, -0.2) is 4.39 Å². The zero-order valence-electron chi connectivity index (χ0n) is 9.25. The molecule has 0 amide bonds. The van der Waals surface area contributed by atoms with Crippen LogP contribution in [0.5, 0.6) is 17.4 Å². The van der Waals surface area contributed by atoms with Gasteiger partial charge in [-0.2, -0.15) is 13.8 Å². The molecule has 0 bridgehead atoms. The van der Waals surface area contributed by atoms with E-state index in [0.29, 0.717) is 0 Å². The standard InChI is InChI=1S/C12H8F3NO2/c1-6-9(13)10(14)12(16-11(6)15)18-8-4-2-7(17)3-5-8/h2-5,17H,1H3. The molecule has 0 radical (unpaired) electrons. The van der Waals surface area contributed by atoms with Crippen molar-refractivity contribution in [2.75, 3.05) is 0 Å². The number of aromatic nitrogens is 1. The van der Waals surface area contributed by atoms with Gasteiger partial charge in [-0.15, -0.1) is 0 Å². The maximum absolute atomic E-state index is 13.4. The fourth-order valence-corrected chi connectivity index (χ4v) is 1.26. The monoisotopic (exact) mass is 255 g/mol. The highest BCUT2D eigenvalue weighted by atomic mass is 19.2. The van der Waals surface area contributed by atoms with Gasteiger partial charge in [-0.3, -0.25) is 0 Å². The van der Waals surface area contributed by atoms with Gasteiger partial charge in [0.05, 0.1) is 0 Å². The van der Waals surface area contributed by atoms with Gasteiger partial charge in [-0.1, -0.05) is 0 Å². The molecule has 1 heterocycles. The minimum atomic E-state index is -1.36. The lowest BCUT2D eigenvalue weighted by Crippen LogP contribution is -2.02. The van der Waals surface area contributed by atoms with Crippen molar-refractivity contribution in [3.63, 3.8) is 0 Å². The van der Waals surface area contributed by atoms with Gasteiger partial charge in [0.2, 0.25) is 11.8 Å². The summed E-state index contributed by atoms with van der Waals surface area (Å²) >= 11 is 0. The summed E-state index contributed by atoms with van der Waals surface area (Å²) in [4.78, 5) is 3.18. The van der Waals surface area contributed by atoms with Crippen molar-refractivity contribution in [2.24, 2.45) is 0 Å². The summed E-state index contributed by atoms with van der Waals surface area (Å²) in [6.07, 6.45) is 0. The Hall–Kier alpha value is -2.24. The zero-order chi connectivity index (χ0) is 13.3. The molecule has 94 valence electrons. The highest BCUT2D eigenvalue weighted by Crippen LogP contribution is 2.27. The number of benzene rings is 1. The normalized spacial score (nSPS) is 10.4. The maximum atomic E-state index is 13.4. The number of hydrogen-bond acceptors (Lipinski definition) is 3. The number of phenolic OH excluding ortho intramolecular Hbond substituents is 1. The lowest BCUT2D eigenvalue weighted by molar-refractivity contribution is 0.377. The molecule has 0 aliphatic heterocycles. The summed E-state index contributed by atoms with van der Waals surface area (Å²) < 4.78 is 44.7. The maximum Gasteiger partial charge on any atom is 0.261 e. The fourth-order valence-electron chi connectivity index (χ4n) is 1.26. The number of phenols is 1. The third kappa shape index (κ3) is 2.22. The largest absolute Gasteiger partial charge is 0.508 e. The van der Waals surface area contributed by atoms with E-state index in [-0.39, 0.29) is 11.5 Å². The van der Waals surface area contributed by atoms with Crippen molar-refractivity contribution in [3.8, 4) is 17.4 Å². The third-order valence-corrected chi connectivity index (χ3v) is 2.27. The van der Waals surface area contributed by atoms with Crippen LogP contribution < -0.4 is 4.74 Å². The van der Waals surface area contributed by atoms with Gasteiger partial charge < -0.3 is 9.84 Å². The van der Waals surface area contributed by atoms with Crippen molar-refractivity contribution in [1.29, 1.82) is 0 Å². The second-order valence-corrected chi connectivity index (χ2v) is 3.56. The highest BCUT2D eigenvalue weighted by Gasteiger charge is 2.19. The van der Waals surface area contributed by atoms with Gasteiger partial charge in [0.1, 0.15) is 11.5 Å². The molecule has 6 heteroatoms. The predicted octanol–water partition coefficient (Wildman–Crippen LogP) is 3.31. The average Bonchev–Trinajstić information content (AvgIpc) is 2.36. The first-order valence-corrected chi connectivity index (χ1v) is 4.97. The Morgan fingerprint density at radius 1 is 1.06 bits per heavy atom. The second-order valence-electron chi connectivity index (χ2n) is 3.56. The molecule has 1 aromatic carbocycles. The summed E-state index contributed by atoms with van der Waals surface area (Å²) in [5, 5.41) is 9.04. The number of nitrogens with zero attached hydrogens (tertiary/aromatic N) is 1. The van der Waals surface area contributed by atoms with Crippen LogP contribution in [0.3, 0.4) is 0 Å². The number of ether oxygens (including phenoxy) is 1. The number of rotatable bonds is 2. The van der Waals surface area contributed by atoms with E-state index >= 15 is 0 Å². The van der Waals surface area contributed by atoms with E-state index in [0.717, 1.165) is 6.92 Å². The number of aromatic hydroxyl groups is 1. The van der Waals surface area contributed by atoms with Crippen LogP contribution in [0.25, 0.3) is 0 Å². The van der Waals surface area contributed by atoms with Crippen molar-refractivity contribution in [1.82, 2.24) is 4.98 Å². The lowest BCUT2D eigenvalue weighted by Gasteiger charge is -2.08. The van der Waals surface area contributed by atoms with E-state index in [4.69, 9.17) is 9.84 Å². The summed E-state index contributed by atoms with van der Waals surface area (Å²) in [5.74, 6) is -4.54. The molecule has 1 N–H and O–H groups in total. The van der Waals surface area contributed by atoms with Crippen LogP contribution in [0.2, 0.25) is 0 Å². The van der Waals surface area contributed by atoms with Crippen LogP contribution >= 0.6 is 0 Å². The quantitative estimate of drug-likeness (QED) is 0.837. The first-order chi connectivity index (χ1) is 8.49. The average molecular weight is 255 g/mol. The zero-order valence-corrected chi connectivity index (χ0v) is 9.25. The Morgan fingerprint density at radius 3 is 2.28 bits per heavy atom. The fraction of sp³-hybridized carbons (Fsp3) is 0.0833. The predicted molar refractivity (Wildman–Crippen MR) is 57.0 cm³/mol. The van der Waals surface area contributed by atoms with Crippen molar-refractivity contribution in [3.05, 3.63) is 47.4 Å². The molecule has 0 spiro atoms. The molecule has 2 aromatic rings. The summed E-state index contributed by atoms with van der Waals surface area (Å²) in [7, 11) is 0. The van der Waals surface area contributed by atoms with Crippen LogP contribution in [0.15, 0.2) is 24.3 Å². The molecule has 0 aliphatic carbocycles. The summed E-state index contributed by atoms with van der Waals surface area (Å²) in [6.45, 7) is 1.07. The Balaban J connectivity index is 2.38. The molecular weight excluding hydrogens is 247 g/mol. The van der Waals surface area contributed by atoms with Crippen LogP contribution in [0.4, 0.5) is 13.2 Å². The van der Waals surface area contributed by atoms with E-state index in [1.54, 1.807) is 0 Å².